The van der Waals surface area contributed by atoms with E-state index < -0.39 is 0 Å². The van der Waals surface area contributed by atoms with E-state index in [9.17, 15) is 4.79 Å². The Labute approximate surface area is 112 Å². The van der Waals surface area contributed by atoms with Crippen molar-refractivity contribution in [2.24, 2.45) is 0 Å². The number of ether oxygens (including phenoxy) is 1. The number of nitrogens with one attached hydrogen (secondary N) is 1. The van der Waals surface area contributed by atoms with Crippen molar-refractivity contribution >= 4 is 17.6 Å². The van der Waals surface area contributed by atoms with Crippen molar-refractivity contribution in [1.82, 2.24) is 9.97 Å². The van der Waals surface area contributed by atoms with Crippen molar-refractivity contribution in [3.8, 4) is 0 Å². The highest BCUT2D eigenvalue weighted by atomic mass is 16.5. The minimum absolute atomic E-state index is 0.211. The number of carbonyl (C=O) groups is 1. The van der Waals surface area contributed by atoms with Crippen LogP contribution in [-0.2, 0) is 9.53 Å². The number of nitrogen functional groups attached to an aromatic ring is 1. The second kappa shape index (κ2) is 5.86. The van der Waals surface area contributed by atoms with Crippen molar-refractivity contribution < 1.29 is 9.53 Å². The van der Waals surface area contributed by atoms with Gasteiger partial charge in [-0.15, -0.1) is 0 Å². The van der Waals surface area contributed by atoms with Crippen LogP contribution in [0.4, 0.5) is 11.6 Å². The van der Waals surface area contributed by atoms with Crippen LogP contribution in [0.5, 0.6) is 0 Å². The average Bonchev–Trinajstić information content (AvgIpc) is 3.18. The summed E-state index contributed by atoms with van der Waals surface area (Å²) in [6.07, 6.45) is 2.57. The molecule has 1 heterocycles. The van der Waals surface area contributed by atoms with Crippen molar-refractivity contribution in [2.45, 2.75) is 39.0 Å². The maximum Gasteiger partial charge on any atom is 0.307 e. The van der Waals surface area contributed by atoms with Crippen LogP contribution in [0.2, 0.25) is 0 Å². The minimum Gasteiger partial charge on any atom is -0.466 e. The van der Waals surface area contributed by atoms with Crippen LogP contribution in [-0.4, -0.2) is 29.1 Å². The largest absolute Gasteiger partial charge is 0.466 e. The van der Waals surface area contributed by atoms with Gasteiger partial charge in [0.05, 0.1) is 13.0 Å². The first-order valence-corrected chi connectivity index (χ1v) is 6.65. The molecule has 1 saturated carbocycles. The van der Waals surface area contributed by atoms with Crippen molar-refractivity contribution in [1.29, 1.82) is 0 Å². The molecule has 1 aliphatic rings. The summed E-state index contributed by atoms with van der Waals surface area (Å²) in [4.78, 5) is 20.0. The maximum atomic E-state index is 11.3. The lowest BCUT2D eigenvalue weighted by molar-refractivity contribution is -0.142. The van der Waals surface area contributed by atoms with Gasteiger partial charge < -0.3 is 15.8 Å². The van der Waals surface area contributed by atoms with Crippen LogP contribution in [0.1, 0.15) is 43.5 Å². The Morgan fingerprint density at radius 2 is 2.21 bits per heavy atom. The van der Waals surface area contributed by atoms with Gasteiger partial charge in [0.15, 0.2) is 0 Å². The van der Waals surface area contributed by atoms with Crippen molar-refractivity contribution in [3.63, 3.8) is 0 Å². The molecule has 0 unspecified atom stereocenters. The number of aromatic nitrogens is 2. The number of rotatable bonds is 6. The first-order chi connectivity index (χ1) is 9.11. The third-order valence-electron chi connectivity index (χ3n) is 3.07. The summed E-state index contributed by atoms with van der Waals surface area (Å²) in [7, 11) is 0. The van der Waals surface area contributed by atoms with E-state index in [1.165, 1.54) is 0 Å². The Kier molecular flexibility index (Phi) is 4.19. The van der Waals surface area contributed by atoms with Gasteiger partial charge in [0.2, 0.25) is 0 Å². The molecule has 0 atom stereocenters. The summed E-state index contributed by atoms with van der Waals surface area (Å²) in [6, 6.07) is 0. The highest BCUT2D eigenvalue weighted by molar-refractivity contribution is 5.70. The second-order valence-electron chi connectivity index (χ2n) is 4.70. The summed E-state index contributed by atoms with van der Waals surface area (Å²) in [5, 5.41) is 3.13. The van der Waals surface area contributed by atoms with Gasteiger partial charge in [0, 0.05) is 18.0 Å². The zero-order valence-electron chi connectivity index (χ0n) is 11.4. The molecule has 2 rings (SSSR count). The van der Waals surface area contributed by atoms with Gasteiger partial charge in [-0.05, 0) is 26.7 Å². The highest BCUT2D eigenvalue weighted by Gasteiger charge is 2.27. The quantitative estimate of drug-likeness (QED) is 0.759. The van der Waals surface area contributed by atoms with Crippen LogP contribution in [0, 0.1) is 6.92 Å². The molecule has 6 heteroatoms. The molecule has 104 valence electrons. The van der Waals surface area contributed by atoms with Crippen LogP contribution < -0.4 is 11.1 Å². The standard InChI is InChI=1S/C13H20N4O2/c1-3-19-10(18)6-7-15-12-8(2)11(14)16-13(17-12)9-4-5-9/h9H,3-7H2,1-2H3,(H3,14,15,16,17). The predicted molar refractivity (Wildman–Crippen MR) is 72.9 cm³/mol. The summed E-state index contributed by atoms with van der Waals surface area (Å²) >= 11 is 0. The fourth-order valence-corrected chi connectivity index (χ4v) is 1.76. The molecular formula is C13H20N4O2. The molecule has 1 fully saturated rings. The molecule has 0 radical (unpaired) electrons. The molecule has 19 heavy (non-hydrogen) atoms. The first-order valence-electron chi connectivity index (χ1n) is 6.65. The first kappa shape index (κ1) is 13.6. The van der Waals surface area contributed by atoms with E-state index in [1.807, 2.05) is 6.92 Å². The second-order valence-corrected chi connectivity index (χ2v) is 4.70. The third kappa shape index (κ3) is 3.56. The van der Waals surface area contributed by atoms with E-state index in [4.69, 9.17) is 10.5 Å². The van der Waals surface area contributed by atoms with E-state index in [-0.39, 0.29) is 5.97 Å². The predicted octanol–water partition coefficient (Wildman–Crippen LogP) is 1.61. The monoisotopic (exact) mass is 264 g/mol. The summed E-state index contributed by atoms with van der Waals surface area (Å²) in [5.41, 5.74) is 6.71. The zero-order chi connectivity index (χ0) is 13.8. The van der Waals surface area contributed by atoms with E-state index in [0.29, 0.717) is 31.3 Å². The van der Waals surface area contributed by atoms with Gasteiger partial charge in [-0.3, -0.25) is 4.79 Å². The molecule has 0 aliphatic heterocycles. The summed E-state index contributed by atoms with van der Waals surface area (Å²) < 4.78 is 4.87. The van der Waals surface area contributed by atoms with Crippen LogP contribution in [0.3, 0.4) is 0 Å². The Balaban J connectivity index is 1.97. The van der Waals surface area contributed by atoms with Crippen LogP contribution in [0.25, 0.3) is 0 Å². The number of hydrogen-bond acceptors (Lipinski definition) is 6. The third-order valence-corrected chi connectivity index (χ3v) is 3.07. The number of nitrogens with two attached hydrogens (primary N) is 1. The molecule has 0 bridgehead atoms. The average molecular weight is 264 g/mol. The maximum absolute atomic E-state index is 11.3. The smallest absolute Gasteiger partial charge is 0.307 e. The lowest BCUT2D eigenvalue weighted by Crippen LogP contribution is -2.14. The number of anilines is 2. The van der Waals surface area contributed by atoms with Crippen molar-refractivity contribution in [2.75, 3.05) is 24.2 Å². The number of carbonyl (C=O) groups excluding carboxylic acids is 1. The van der Waals surface area contributed by atoms with Crippen molar-refractivity contribution in [3.05, 3.63) is 11.4 Å². The topological polar surface area (TPSA) is 90.1 Å². The van der Waals surface area contributed by atoms with E-state index >= 15 is 0 Å². The Hall–Kier alpha value is -1.85. The van der Waals surface area contributed by atoms with Gasteiger partial charge in [-0.25, -0.2) is 9.97 Å². The fraction of sp³-hybridized carbons (Fsp3) is 0.615. The number of nitrogens with zero attached hydrogens (tertiary/aromatic N) is 2. The SMILES string of the molecule is CCOC(=O)CCNc1nc(C2CC2)nc(N)c1C. The van der Waals surface area contributed by atoms with Gasteiger partial charge in [0.25, 0.3) is 0 Å². The Morgan fingerprint density at radius 3 is 2.84 bits per heavy atom. The van der Waals surface area contributed by atoms with Gasteiger partial charge in [-0.1, -0.05) is 0 Å². The van der Waals surface area contributed by atoms with Crippen LogP contribution >= 0.6 is 0 Å². The van der Waals surface area contributed by atoms with Gasteiger partial charge in [-0.2, -0.15) is 0 Å². The fourth-order valence-electron chi connectivity index (χ4n) is 1.76. The number of hydrogen-bond donors (Lipinski definition) is 2. The summed E-state index contributed by atoms with van der Waals surface area (Å²) in [6.45, 7) is 4.56. The molecule has 1 aromatic heterocycles. The Morgan fingerprint density at radius 1 is 1.47 bits per heavy atom. The Bertz CT molecular complexity index is 472. The molecule has 0 spiro atoms. The molecule has 6 nitrogen and oxygen atoms in total. The highest BCUT2D eigenvalue weighted by Crippen LogP contribution is 2.39. The summed E-state index contributed by atoms with van der Waals surface area (Å²) in [5.74, 6) is 2.28. The normalized spacial score (nSPS) is 14.2. The zero-order valence-corrected chi connectivity index (χ0v) is 11.4. The van der Waals surface area contributed by atoms with Gasteiger partial charge >= 0.3 is 5.97 Å². The molecule has 0 amide bonds. The van der Waals surface area contributed by atoms with Crippen LogP contribution in [0.15, 0.2) is 0 Å². The molecule has 1 aliphatic carbocycles. The van der Waals surface area contributed by atoms with E-state index in [1.54, 1.807) is 6.92 Å². The molecule has 3 N–H and O–H groups in total. The van der Waals surface area contributed by atoms with Gasteiger partial charge in [0.1, 0.15) is 17.5 Å². The lowest BCUT2D eigenvalue weighted by Gasteiger charge is -2.11. The molecule has 0 saturated heterocycles. The molecular weight excluding hydrogens is 244 g/mol. The number of esters is 1. The lowest BCUT2D eigenvalue weighted by atomic mass is 10.2. The van der Waals surface area contributed by atoms with E-state index in [2.05, 4.69) is 15.3 Å². The minimum atomic E-state index is -0.211. The molecule has 1 aromatic rings. The van der Waals surface area contributed by atoms with E-state index in [0.717, 1.165) is 30.0 Å². The molecule has 0 aromatic carbocycles.